The van der Waals surface area contributed by atoms with E-state index in [2.05, 4.69) is 10.4 Å². The summed E-state index contributed by atoms with van der Waals surface area (Å²) < 4.78 is 11.9. The van der Waals surface area contributed by atoms with Gasteiger partial charge in [-0.15, -0.1) is 0 Å². The summed E-state index contributed by atoms with van der Waals surface area (Å²) in [5, 5.41) is 7.29. The van der Waals surface area contributed by atoms with Crippen LogP contribution in [-0.4, -0.2) is 35.9 Å². The van der Waals surface area contributed by atoms with Gasteiger partial charge in [-0.2, -0.15) is 5.10 Å². The number of aryl methyl sites for hydroxylation is 2. The number of rotatable bonds is 8. The number of esters is 1. The van der Waals surface area contributed by atoms with Gasteiger partial charge >= 0.3 is 5.97 Å². The lowest BCUT2D eigenvalue weighted by Gasteiger charge is -2.18. The Balaban J connectivity index is 1.81. The molecule has 0 spiro atoms. The maximum atomic E-state index is 13.0. The number of hydrogen-bond acceptors (Lipinski definition) is 5. The summed E-state index contributed by atoms with van der Waals surface area (Å²) in [4.78, 5) is 24.5. The molecular formula is C24H27N3O4. The summed E-state index contributed by atoms with van der Waals surface area (Å²) in [6.45, 7) is 1.93. The van der Waals surface area contributed by atoms with Gasteiger partial charge in [-0.1, -0.05) is 18.2 Å². The number of carbonyl (C=O) groups excluding carboxylic acids is 2. The van der Waals surface area contributed by atoms with Gasteiger partial charge in [0.2, 0.25) is 0 Å². The largest absolute Gasteiger partial charge is 0.497 e. The average molecular weight is 421 g/mol. The molecule has 0 aliphatic heterocycles. The Labute approximate surface area is 182 Å². The first-order valence-corrected chi connectivity index (χ1v) is 10.0. The Morgan fingerprint density at radius 3 is 2.58 bits per heavy atom. The van der Waals surface area contributed by atoms with Gasteiger partial charge in [0.1, 0.15) is 5.75 Å². The third-order valence-electron chi connectivity index (χ3n) is 5.14. The highest BCUT2D eigenvalue weighted by Crippen LogP contribution is 2.29. The van der Waals surface area contributed by atoms with Crippen LogP contribution in [0.3, 0.4) is 0 Å². The van der Waals surface area contributed by atoms with Gasteiger partial charge in [-0.05, 0) is 54.3 Å². The first-order valence-electron chi connectivity index (χ1n) is 10.0. The number of nitrogens with one attached hydrogen (secondary N) is 1. The summed E-state index contributed by atoms with van der Waals surface area (Å²) in [6.07, 6.45) is 4.38. The minimum absolute atomic E-state index is 0.196. The number of ether oxygens (including phenoxy) is 2. The van der Waals surface area contributed by atoms with E-state index in [1.807, 2.05) is 56.6 Å². The molecule has 7 heteroatoms. The van der Waals surface area contributed by atoms with Crippen molar-refractivity contribution in [3.8, 4) is 16.9 Å². The Morgan fingerprint density at radius 1 is 1.13 bits per heavy atom. The predicted octanol–water partition coefficient (Wildman–Crippen LogP) is 3.69. The molecule has 0 unspecified atom stereocenters. The second-order valence-electron chi connectivity index (χ2n) is 7.33. The van der Waals surface area contributed by atoms with Gasteiger partial charge in [0, 0.05) is 30.8 Å². The van der Waals surface area contributed by atoms with E-state index < -0.39 is 0 Å². The minimum Gasteiger partial charge on any atom is -0.497 e. The van der Waals surface area contributed by atoms with Gasteiger partial charge in [-0.25, -0.2) is 0 Å². The second kappa shape index (κ2) is 9.93. The van der Waals surface area contributed by atoms with Crippen LogP contribution in [0.1, 0.15) is 40.9 Å². The first kappa shape index (κ1) is 22.1. The molecule has 1 atom stereocenters. The zero-order chi connectivity index (χ0) is 22.4. The normalized spacial score (nSPS) is 11.6. The predicted molar refractivity (Wildman–Crippen MR) is 118 cm³/mol. The van der Waals surface area contributed by atoms with E-state index in [4.69, 9.17) is 9.47 Å². The van der Waals surface area contributed by atoms with E-state index in [1.54, 1.807) is 24.1 Å². The number of nitrogens with zero attached hydrogens (tertiary/aromatic N) is 2. The molecule has 0 radical (unpaired) electrons. The molecule has 3 aromatic rings. The highest BCUT2D eigenvalue weighted by Gasteiger charge is 2.17. The number of methoxy groups -OCH3 is 2. The Bertz CT molecular complexity index is 1070. The van der Waals surface area contributed by atoms with Crippen molar-refractivity contribution in [3.63, 3.8) is 0 Å². The van der Waals surface area contributed by atoms with Gasteiger partial charge in [0.05, 0.1) is 26.5 Å². The van der Waals surface area contributed by atoms with Gasteiger partial charge < -0.3 is 14.8 Å². The van der Waals surface area contributed by atoms with Crippen molar-refractivity contribution in [1.29, 1.82) is 0 Å². The summed E-state index contributed by atoms with van der Waals surface area (Å²) in [7, 11) is 4.84. The molecule has 7 nitrogen and oxygen atoms in total. The fourth-order valence-electron chi connectivity index (χ4n) is 3.38. The summed E-state index contributed by atoms with van der Waals surface area (Å²) in [5.41, 5.74) is 4.20. The van der Waals surface area contributed by atoms with Crippen LogP contribution in [0.2, 0.25) is 0 Å². The van der Waals surface area contributed by atoms with Crippen LogP contribution in [0.15, 0.2) is 54.9 Å². The fourth-order valence-corrected chi connectivity index (χ4v) is 3.38. The number of amides is 1. The van der Waals surface area contributed by atoms with Crippen molar-refractivity contribution in [3.05, 3.63) is 71.5 Å². The highest BCUT2D eigenvalue weighted by atomic mass is 16.5. The summed E-state index contributed by atoms with van der Waals surface area (Å²) in [5.74, 6) is 0.206. The van der Waals surface area contributed by atoms with E-state index in [-0.39, 0.29) is 24.3 Å². The molecule has 162 valence electrons. The minimum atomic E-state index is -0.303. The quantitative estimate of drug-likeness (QED) is 0.561. The van der Waals surface area contributed by atoms with Gasteiger partial charge in [-0.3, -0.25) is 14.3 Å². The van der Waals surface area contributed by atoms with Crippen LogP contribution in [0, 0.1) is 0 Å². The molecule has 0 aliphatic rings. The Hall–Kier alpha value is -3.61. The monoisotopic (exact) mass is 421 g/mol. The van der Waals surface area contributed by atoms with Crippen molar-refractivity contribution in [2.24, 2.45) is 7.05 Å². The van der Waals surface area contributed by atoms with E-state index in [1.165, 1.54) is 7.11 Å². The van der Waals surface area contributed by atoms with E-state index in [9.17, 15) is 9.59 Å². The molecule has 0 saturated heterocycles. The van der Waals surface area contributed by atoms with E-state index >= 15 is 0 Å². The third kappa shape index (κ3) is 5.51. The Kier molecular flexibility index (Phi) is 7.07. The maximum absolute atomic E-state index is 13.0. The van der Waals surface area contributed by atoms with Crippen LogP contribution >= 0.6 is 0 Å². The standard InChI is InChI=1S/C24H27N3O4/c1-16(18-11-19(13-21(12-18)30-3)20-14-25-27(2)15-20)26-24(29)22-8-6-5-7-17(22)9-10-23(28)31-4/h5-8,11-16H,9-10H2,1-4H3,(H,26,29)/t16-/m1/s1. The van der Waals surface area contributed by atoms with E-state index in [0.717, 1.165) is 22.3 Å². The van der Waals surface area contributed by atoms with Crippen LogP contribution in [0.25, 0.3) is 11.1 Å². The molecule has 0 aliphatic carbocycles. The van der Waals surface area contributed by atoms with Crippen LogP contribution < -0.4 is 10.1 Å². The highest BCUT2D eigenvalue weighted by molar-refractivity contribution is 5.96. The van der Waals surface area contributed by atoms with Crippen molar-refractivity contribution < 1.29 is 19.1 Å². The zero-order valence-electron chi connectivity index (χ0n) is 18.2. The molecule has 3 rings (SSSR count). The average Bonchev–Trinajstić information content (AvgIpc) is 3.23. The molecule has 1 heterocycles. The van der Waals surface area contributed by atoms with Crippen LogP contribution in [0.4, 0.5) is 0 Å². The van der Waals surface area contributed by atoms with Crippen molar-refractivity contribution in [1.82, 2.24) is 15.1 Å². The third-order valence-corrected chi connectivity index (χ3v) is 5.14. The second-order valence-corrected chi connectivity index (χ2v) is 7.33. The molecule has 0 fully saturated rings. The smallest absolute Gasteiger partial charge is 0.305 e. The topological polar surface area (TPSA) is 82.5 Å². The molecule has 0 saturated carbocycles. The lowest BCUT2D eigenvalue weighted by atomic mass is 9.99. The zero-order valence-corrected chi connectivity index (χ0v) is 18.2. The number of carbonyl (C=O) groups is 2. The lowest BCUT2D eigenvalue weighted by Crippen LogP contribution is -2.27. The maximum Gasteiger partial charge on any atom is 0.305 e. The van der Waals surface area contributed by atoms with Crippen molar-refractivity contribution in [2.45, 2.75) is 25.8 Å². The van der Waals surface area contributed by atoms with Crippen molar-refractivity contribution in [2.75, 3.05) is 14.2 Å². The number of aromatic nitrogens is 2. The number of hydrogen-bond donors (Lipinski definition) is 1. The van der Waals surface area contributed by atoms with Gasteiger partial charge in [0.15, 0.2) is 0 Å². The summed E-state index contributed by atoms with van der Waals surface area (Å²) >= 11 is 0. The lowest BCUT2D eigenvalue weighted by molar-refractivity contribution is -0.140. The molecule has 1 amide bonds. The molecule has 2 aromatic carbocycles. The van der Waals surface area contributed by atoms with Gasteiger partial charge in [0.25, 0.3) is 5.91 Å². The molecule has 31 heavy (non-hydrogen) atoms. The summed E-state index contributed by atoms with van der Waals surface area (Å²) in [6, 6.07) is 12.9. The molecule has 0 bridgehead atoms. The van der Waals surface area contributed by atoms with Crippen LogP contribution in [0.5, 0.6) is 5.75 Å². The fraction of sp³-hybridized carbons (Fsp3) is 0.292. The molecule has 1 aromatic heterocycles. The molecule has 1 N–H and O–H groups in total. The number of benzene rings is 2. The SMILES string of the molecule is COC(=O)CCc1ccccc1C(=O)N[C@H](C)c1cc(OC)cc(-c2cnn(C)c2)c1. The molecular weight excluding hydrogens is 394 g/mol. The Morgan fingerprint density at radius 2 is 1.90 bits per heavy atom. The first-order chi connectivity index (χ1) is 14.9. The van der Waals surface area contributed by atoms with Crippen molar-refractivity contribution >= 4 is 11.9 Å². The van der Waals surface area contributed by atoms with Crippen LogP contribution in [-0.2, 0) is 23.0 Å². The van der Waals surface area contributed by atoms with E-state index in [0.29, 0.717) is 17.7 Å².